The van der Waals surface area contributed by atoms with Gasteiger partial charge in [0.2, 0.25) is 0 Å². The molecule has 0 aromatic rings. The molecule has 0 aromatic carbocycles. The van der Waals surface area contributed by atoms with Gasteiger partial charge in [-0.3, -0.25) is 0 Å². The van der Waals surface area contributed by atoms with E-state index in [0.717, 1.165) is 18.3 Å². The van der Waals surface area contributed by atoms with Crippen molar-refractivity contribution < 1.29 is 5.11 Å². The molecule has 2 aliphatic rings. The van der Waals surface area contributed by atoms with Crippen LogP contribution in [-0.2, 0) is 0 Å². The molecular weight excluding hydrogens is 174 g/mol. The van der Waals surface area contributed by atoms with Crippen molar-refractivity contribution in [1.29, 1.82) is 0 Å². The monoisotopic (exact) mass is 197 g/mol. The molecule has 14 heavy (non-hydrogen) atoms. The largest absolute Gasteiger partial charge is 0.396 e. The SMILES string of the molecule is OCCC(C1CCCC1)C1CCCN1. The molecule has 2 heteroatoms. The Hall–Kier alpha value is -0.0800. The van der Waals surface area contributed by atoms with Gasteiger partial charge in [-0.05, 0) is 37.6 Å². The van der Waals surface area contributed by atoms with Crippen LogP contribution in [0.1, 0.15) is 44.9 Å². The Morgan fingerprint density at radius 3 is 2.50 bits per heavy atom. The molecule has 1 aliphatic heterocycles. The summed E-state index contributed by atoms with van der Waals surface area (Å²) in [5.41, 5.74) is 0. The second kappa shape index (κ2) is 5.13. The van der Waals surface area contributed by atoms with Crippen LogP contribution in [-0.4, -0.2) is 24.3 Å². The summed E-state index contributed by atoms with van der Waals surface area (Å²) in [7, 11) is 0. The van der Waals surface area contributed by atoms with Crippen LogP contribution in [0.3, 0.4) is 0 Å². The smallest absolute Gasteiger partial charge is 0.0434 e. The van der Waals surface area contributed by atoms with E-state index in [1.165, 1.54) is 45.1 Å². The van der Waals surface area contributed by atoms with Crippen molar-refractivity contribution in [2.45, 2.75) is 51.0 Å². The molecule has 0 aromatic heterocycles. The van der Waals surface area contributed by atoms with Crippen molar-refractivity contribution in [1.82, 2.24) is 5.32 Å². The van der Waals surface area contributed by atoms with Gasteiger partial charge in [0, 0.05) is 12.6 Å². The molecule has 0 bridgehead atoms. The Kier molecular flexibility index (Phi) is 3.82. The fourth-order valence-electron chi connectivity index (χ4n) is 3.38. The summed E-state index contributed by atoms with van der Waals surface area (Å²) in [5, 5.41) is 12.7. The van der Waals surface area contributed by atoms with E-state index in [2.05, 4.69) is 5.32 Å². The average molecular weight is 197 g/mol. The molecule has 2 rings (SSSR count). The maximum absolute atomic E-state index is 9.13. The van der Waals surface area contributed by atoms with Crippen LogP contribution in [0.5, 0.6) is 0 Å². The summed E-state index contributed by atoms with van der Waals surface area (Å²) in [6.07, 6.45) is 9.33. The van der Waals surface area contributed by atoms with Crippen LogP contribution in [0.15, 0.2) is 0 Å². The lowest BCUT2D eigenvalue weighted by Gasteiger charge is -2.28. The summed E-state index contributed by atoms with van der Waals surface area (Å²) in [6, 6.07) is 0.713. The lowest BCUT2D eigenvalue weighted by molar-refractivity contribution is 0.188. The Morgan fingerprint density at radius 1 is 1.14 bits per heavy atom. The zero-order valence-electron chi connectivity index (χ0n) is 9.04. The molecule has 2 unspecified atom stereocenters. The summed E-state index contributed by atoms with van der Waals surface area (Å²) in [4.78, 5) is 0. The lowest BCUT2D eigenvalue weighted by Crippen LogP contribution is -2.35. The van der Waals surface area contributed by atoms with Gasteiger partial charge in [-0.25, -0.2) is 0 Å². The van der Waals surface area contributed by atoms with Crippen LogP contribution in [0.25, 0.3) is 0 Å². The number of aliphatic hydroxyl groups is 1. The maximum Gasteiger partial charge on any atom is 0.0434 e. The average Bonchev–Trinajstić information content (AvgIpc) is 2.87. The van der Waals surface area contributed by atoms with Gasteiger partial charge in [0.25, 0.3) is 0 Å². The number of hydrogen-bond acceptors (Lipinski definition) is 2. The molecule has 2 atom stereocenters. The van der Waals surface area contributed by atoms with Crippen molar-refractivity contribution in [2.24, 2.45) is 11.8 Å². The van der Waals surface area contributed by atoms with E-state index in [9.17, 15) is 0 Å². The van der Waals surface area contributed by atoms with Crippen molar-refractivity contribution in [2.75, 3.05) is 13.2 Å². The highest BCUT2D eigenvalue weighted by Crippen LogP contribution is 2.36. The van der Waals surface area contributed by atoms with Crippen LogP contribution in [0, 0.1) is 11.8 Å². The number of hydrogen-bond donors (Lipinski definition) is 2. The third-order valence-electron chi connectivity index (χ3n) is 4.08. The minimum Gasteiger partial charge on any atom is -0.396 e. The third-order valence-corrected chi connectivity index (χ3v) is 4.08. The molecule has 1 aliphatic carbocycles. The third kappa shape index (κ3) is 2.29. The van der Waals surface area contributed by atoms with Gasteiger partial charge in [0.1, 0.15) is 0 Å². The van der Waals surface area contributed by atoms with Crippen LogP contribution < -0.4 is 5.32 Å². The molecule has 1 saturated heterocycles. The fraction of sp³-hybridized carbons (Fsp3) is 1.00. The maximum atomic E-state index is 9.13. The van der Waals surface area contributed by atoms with Gasteiger partial charge in [-0.15, -0.1) is 0 Å². The number of nitrogens with one attached hydrogen (secondary N) is 1. The van der Waals surface area contributed by atoms with Crippen LogP contribution in [0.2, 0.25) is 0 Å². The molecule has 0 amide bonds. The van der Waals surface area contributed by atoms with Crippen molar-refractivity contribution in [3.8, 4) is 0 Å². The van der Waals surface area contributed by atoms with Crippen LogP contribution >= 0.6 is 0 Å². The van der Waals surface area contributed by atoms with E-state index in [0.29, 0.717) is 12.6 Å². The van der Waals surface area contributed by atoms with Gasteiger partial charge >= 0.3 is 0 Å². The number of aliphatic hydroxyl groups excluding tert-OH is 1. The molecule has 1 heterocycles. The minimum absolute atomic E-state index is 0.374. The van der Waals surface area contributed by atoms with Gasteiger partial charge in [0.15, 0.2) is 0 Å². The van der Waals surface area contributed by atoms with E-state index in [1.807, 2.05) is 0 Å². The second-order valence-electron chi connectivity index (χ2n) is 4.92. The number of rotatable bonds is 4. The molecule has 2 nitrogen and oxygen atoms in total. The highest BCUT2D eigenvalue weighted by Gasteiger charge is 2.32. The summed E-state index contributed by atoms with van der Waals surface area (Å²) in [5.74, 6) is 1.66. The molecule has 1 saturated carbocycles. The van der Waals surface area contributed by atoms with E-state index < -0.39 is 0 Å². The second-order valence-corrected chi connectivity index (χ2v) is 4.92. The van der Waals surface area contributed by atoms with Gasteiger partial charge < -0.3 is 10.4 Å². The molecule has 0 spiro atoms. The normalized spacial score (nSPS) is 31.1. The topological polar surface area (TPSA) is 32.3 Å². The summed E-state index contributed by atoms with van der Waals surface area (Å²) >= 11 is 0. The molecule has 2 N–H and O–H groups in total. The standard InChI is InChI=1S/C12H23NO/c14-9-7-11(10-4-1-2-5-10)12-6-3-8-13-12/h10-14H,1-9H2. The molecule has 2 fully saturated rings. The van der Waals surface area contributed by atoms with Crippen LogP contribution in [0.4, 0.5) is 0 Å². The first kappa shape index (κ1) is 10.4. The quantitative estimate of drug-likeness (QED) is 0.722. The van der Waals surface area contributed by atoms with E-state index in [1.54, 1.807) is 0 Å². The van der Waals surface area contributed by atoms with Crippen molar-refractivity contribution in [3.05, 3.63) is 0 Å². The van der Waals surface area contributed by atoms with Gasteiger partial charge in [-0.2, -0.15) is 0 Å². The molecule has 82 valence electrons. The Balaban J connectivity index is 1.91. The Morgan fingerprint density at radius 2 is 1.93 bits per heavy atom. The summed E-state index contributed by atoms with van der Waals surface area (Å²) in [6.45, 7) is 1.57. The van der Waals surface area contributed by atoms with Gasteiger partial charge in [0.05, 0.1) is 0 Å². The zero-order valence-corrected chi connectivity index (χ0v) is 9.04. The van der Waals surface area contributed by atoms with E-state index >= 15 is 0 Å². The lowest BCUT2D eigenvalue weighted by atomic mass is 9.82. The zero-order chi connectivity index (χ0) is 9.80. The highest BCUT2D eigenvalue weighted by molar-refractivity contribution is 4.87. The molecular formula is C12H23NO. The Bertz CT molecular complexity index is 144. The first-order valence-corrected chi connectivity index (χ1v) is 6.26. The fourth-order valence-corrected chi connectivity index (χ4v) is 3.38. The summed E-state index contributed by atoms with van der Waals surface area (Å²) < 4.78 is 0. The van der Waals surface area contributed by atoms with Gasteiger partial charge in [-0.1, -0.05) is 25.7 Å². The van der Waals surface area contributed by atoms with E-state index in [4.69, 9.17) is 5.11 Å². The highest BCUT2D eigenvalue weighted by atomic mass is 16.3. The van der Waals surface area contributed by atoms with Crippen molar-refractivity contribution >= 4 is 0 Å². The first-order valence-electron chi connectivity index (χ1n) is 6.26. The Labute approximate surface area is 87.1 Å². The first-order chi connectivity index (χ1) is 6.92. The van der Waals surface area contributed by atoms with E-state index in [-0.39, 0.29) is 0 Å². The predicted molar refractivity (Wildman–Crippen MR) is 58.2 cm³/mol. The predicted octanol–water partition coefficient (Wildman–Crippen LogP) is 1.93. The minimum atomic E-state index is 0.374. The van der Waals surface area contributed by atoms with Crippen molar-refractivity contribution in [3.63, 3.8) is 0 Å². The molecule has 0 radical (unpaired) electrons.